The van der Waals surface area contributed by atoms with E-state index in [1.54, 1.807) is 13.2 Å². The molecule has 1 aromatic carbocycles. The minimum Gasteiger partial charge on any atom is -0.383 e. The number of hydrogen-bond donors (Lipinski definition) is 3. The normalized spacial score (nSPS) is 22.9. The Bertz CT molecular complexity index is 897. The molecule has 1 heterocycles. The average molecular weight is 445 g/mol. The fraction of sp³-hybridized carbons (Fsp3) is 0.560. The summed E-state index contributed by atoms with van der Waals surface area (Å²) in [5.41, 5.74) is 0.967. The molecule has 0 spiro atoms. The van der Waals surface area contributed by atoms with Crippen LogP contribution in [0.2, 0.25) is 0 Å². The van der Waals surface area contributed by atoms with Gasteiger partial charge in [-0.05, 0) is 69.2 Å². The molecule has 174 valence electrons. The van der Waals surface area contributed by atoms with Gasteiger partial charge >= 0.3 is 0 Å². The van der Waals surface area contributed by atoms with E-state index in [0.717, 1.165) is 36.9 Å². The van der Waals surface area contributed by atoms with Gasteiger partial charge in [0.25, 0.3) is 0 Å². The van der Waals surface area contributed by atoms with E-state index in [1.165, 1.54) is 6.20 Å². The zero-order valence-electron chi connectivity index (χ0n) is 19.0. The lowest BCUT2D eigenvalue weighted by Gasteiger charge is -2.31. The maximum atomic E-state index is 14.6. The standard InChI is InChI=1S/C25H34F2N4O/c1-17(15-32-2)30-19-6-8-20(9-7-19)31-24-13-22(23(26)14-28-24)18-4-3-5-21(12-18)29-16-25(27)10-11-25/h3-5,12-14,17,19-20,29-30H,6-11,15-16H2,1-2H3,(H,28,31)/t17-,19-,20-/m0/s1. The van der Waals surface area contributed by atoms with Crippen LogP contribution in [0.3, 0.4) is 0 Å². The minimum atomic E-state index is -1.08. The number of aromatic nitrogens is 1. The third kappa shape index (κ3) is 6.17. The third-order valence-corrected chi connectivity index (χ3v) is 6.45. The van der Waals surface area contributed by atoms with Gasteiger partial charge in [0.15, 0.2) is 0 Å². The molecular weight excluding hydrogens is 410 g/mol. The summed E-state index contributed by atoms with van der Waals surface area (Å²) in [7, 11) is 1.73. The number of anilines is 2. The van der Waals surface area contributed by atoms with Gasteiger partial charge in [0, 0.05) is 43.0 Å². The van der Waals surface area contributed by atoms with Gasteiger partial charge in [-0.25, -0.2) is 13.8 Å². The first-order valence-corrected chi connectivity index (χ1v) is 11.6. The van der Waals surface area contributed by atoms with Gasteiger partial charge in [0.1, 0.15) is 17.3 Å². The zero-order chi connectivity index (χ0) is 22.6. The smallest absolute Gasteiger partial charge is 0.149 e. The molecule has 32 heavy (non-hydrogen) atoms. The first-order valence-electron chi connectivity index (χ1n) is 11.6. The second kappa shape index (κ2) is 10.1. The Labute approximate surface area is 189 Å². The second-order valence-electron chi connectivity index (χ2n) is 9.35. The first-order chi connectivity index (χ1) is 15.4. The molecule has 3 N–H and O–H groups in total. The number of ether oxygens (including phenoxy) is 1. The molecule has 7 heteroatoms. The van der Waals surface area contributed by atoms with Crippen LogP contribution in [-0.2, 0) is 4.74 Å². The Balaban J connectivity index is 1.36. The van der Waals surface area contributed by atoms with E-state index in [1.807, 2.05) is 24.3 Å². The van der Waals surface area contributed by atoms with E-state index >= 15 is 0 Å². The van der Waals surface area contributed by atoms with Gasteiger partial charge in [-0.15, -0.1) is 0 Å². The number of alkyl halides is 1. The molecule has 1 atom stereocenters. The van der Waals surface area contributed by atoms with Crippen molar-refractivity contribution >= 4 is 11.5 Å². The van der Waals surface area contributed by atoms with E-state index in [4.69, 9.17) is 4.74 Å². The summed E-state index contributed by atoms with van der Waals surface area (Å²) in [6.07, 6.45) is 6.74. The van der Waals surface area contributed by atoms with Crippen molar-refractivity contribution in [3.05, 3.63) is 42.3 Å². The van der Waals surface area contributed by atoms with Gasteiger partial charge in [0.2, 0.25) is 0 Å². The Morgan fingerprint density at radius 2 is 1.91 bits per heavy atom. The number of hydrogen-bond acceptors (Lipinski definition) is 5. The van der Waals surface area contributed by atoms with Crippen LogP contribution in [0.25, 0.3) is 11.1 Å². The summed E-state index contributed by atoms with van der Waals surface area (Å²) in [6, 6.07) is 10.4. The zero-order valence-corrected chi connectivity index (χ0v) is 19.0. The highest BCUT2D eigenvalue weighted by atomic mass is 19.1. The van der Waals surface area contributed by atoms with E-state index in [-0.39, 0.29) is 5.82 Å². The van der Waals surface area contributed by atoms with Crippen molar-refractivity contribution in [2.24, 2.45) is 0 Å². The van der Waals surface area contributed by atoms with E-state index in [9.17, 15) is 8.78 Å². The largest absolute Gasteiger partial charge is 0.383 e. The summed E-state index contributed by atoms with van der Waals surface area (Å²) < 4.78 is 33.7. The highest BCUT2D eigenvalue weighted by molar-refractivity contribution is 5.70. The van der Waals surface area contributed by atoms with Crippen LogP contribution >= 0.6 is 0 Å². The van der Waals surface area contributed by atoms with Crippen molar-refractivity contribution in [3.63, 3.8) is 0 Å². The summed E-state index contributed by atoms with van der Waals surface area (Å²) in [6.45, 7) is 3.15. The lowest BCUT2D eigenvalue weighted by atomic mass is 9.90. The molecule has 0 amide bonds. The fourth-order valence-electron chi connectivity index (χ4n) is 4.42. The predicted octanol–water partition coefficient (Wildman–Crippen LogP) is 5.15. The number of nitrogens with one attached hydrogen (secondary N) is 3. The van der Waals surface area contributed by atoms with Gasteiger partial charge < -0.3 is 20.7 Å². The number of nitrogens with zero attached hydrogens (tertiary/aromatic N) is 1. The molecule has 2 aliphatic rings. The van der Waals surface area contributed by atoms with E-state index in [2.05, 4.69) is 27.9 Å². The van der Waals surface area contributed by atoms with E-state index < -0.39 is 5.67 Å². The average Bonchev–Trinajstić information content (AvgIpc) is 3.53. The number of rotatable bonds is 10. The molecule has 0 saturated heterocycles. The lowest BCUT2D eigenvalue weighted by Crippen LogP contribution is -2.42. The molecule has 1 aromatic heterocycles. The van der Waals surface area contributed by atoms with Crippen molar-refractivity contribution in [2.45, 2.75) is 69.2 Å². The van der Waals surface area contributed by atoms with Crippen LogP contribution < -0.4 is 16.0 Å². The van der Waals surface area contributed by atoms with Crippen LogP contribution in [0.15, 0.2) is 36.5 Å². The number of halogens is 2. The lowest BCUT2D eigenvalue weighted by molar-refractivity contribution is 0.161. The van der Waals surface area contributed by atoms with Crippen molar-refractivity contribution in [3.8, 4) is 11.1 Å². The summed E-state index contributed by atoms with van der Waals surface area (Å²) in [5.74, 6) is 0.321. The SMILES string of the molecule is COC[C@H](C)N[C@H]1CC[C@H](Nc2cc(-c3cccc(NCC4(F)CC4)c3)c(F)cn2)CC1. The topological polar surface area (TPSA) is 58.2 Å². The molecule has 4 rings (SSSR count). The van der Waals surface area contributed by atoms with Crippen LogP contribution in [0.1, 0.15) is 45.4 Å². The molecule has 5 nitrogen and oxygen atoms in total. The molecule has 0 unspecified atom stereocenters. The molecule has 0 radical (unpaired) electrons. The molecule has 2 aliphatic carbocycles. The van der Waals surface area contributed by atoms with Gasteiger partial charge in [-0.2, -0.15) is 0 Å². The minimum absolute atomic E-state index is 0.296. The highest BCUT2D eigenvalue weighted by Gasteiger charge is 2.42. The maximum Gasteiger partial charge on any atom is 0.149 e. The monoisotopic (exact) mass is 444 g/mol. The maximum absolute atomic E-state index is 14.6. The van der Waals surface area contributed by atoms with E-state index in [0.29, 0.717) is 55.5 Å². The molecule has 2 fully saturated rings. The van der Waals surface area contributed by atoms with Crippen molar-refractivity contribution in [1.82, 2.24) is 10.3 Å². The quantitative estimate of drug-likeness (QED) is 0.473. The van der Waals surface area contributed by atoms with Crippen LogP contribution in [0, 0.1) is 5.82 Å². The molecule has 2 saturated carbocycles. The summed E-state index contributed by atoms with van der Waals surface area (Å²) in [5, 5.41) is 10.3. The van der Waals surface area contributed by atoms with Crippen LogP contribution in [0.4, 0.5) is 20.3 Å². The van der Waals surface area contributed by atoms with Crippen molar-refractivity contribution < 1.29 is 13.5 Å². The Hall–Kier alpha value is -2.25. The molecule has 2 aromatic rings. The first kappa shape index (κ1) is 22.9. The van der Waals surface area contributed by atoms with Crippen LogP contribution in [0.5, 0.6) is 0 Å². The predicted molar refractivity (Wildman–Crippen MR) is 125 cm³/mol. The van der Waals surface area contributed by atoms with Gasteiger partial charge in [0.05, 0.1) is 12.8 Å². The Kier molecular flexibility index (Phi) is 7.26. The van der Waals surface area contributed by atoms with Crippen molar-refractivity contribution in [1.29, 1.82) is 0 Å². The van der Waals surface area contributed by atoms with Crippen LogP contribution in [-0.4, -0.2) is 49.0 Å². The Morgan fingerprint density at radius 3 is 2.62 bits per heavy atom. The Morgan fingerprint density at radius 1 is 1.16 bits per heavy atom. The molecule has 0 bridgehead atoms. The molecule has 0 aliphatic heterocycles. The highest BCUT2D eigenvalue weighted by Crippen LogP contribution is 2.39. The molecular formula is C25H34F2N4O. The van der Waals surface area contributed by atoms with Crippen molar-refractivity contribution in [2.75, 3.05) is 30.9 Å². The number of benzene rings is 1. The van der Waals surface area contributed by atoms with Gasteiger partial charge in [-0.1, -0.05) is 12.1 Å². The van der Waals surface area contributed by atoms with Gasteiger partial charge in [-0.3, -0.25) is 0 Å². The number of pyridine rings is 1. The summed E-state index contributed by atoms with van der Waals surface area (Å²) in [4.78, 5) is 4.27. The second-order valence-corrected chi connectivity index (χ2v) is 9.35. The number of methoxy groups -OCH3 is 1. The third-order valence-electron chi connectivity index (χ3n) is 6.45. The summed E-state index contributed by atoms with van der Waals surface area (Å²) >= 11 is 0. The fourth-order valence-corrected chi connectivity index (χ4v) is 4.42.